The maximum absolute atomic E-state index is 12.7. The molecule has 0 saturated carbocycles. The quantitative estimate of drug-likeness (QED) is 0.689. The lowest BCUT2D eigenvalue weighted by Gasteiger charge is -2.24. The lowest BCUT2D eigenvalue weighted by atomic mass is 9.82. The molecule has 2 atom stereocenters. The monoisotopic (exact) mass is 378 g/mol. The van der Waals surface area contributed by atoms with E-state index in [4.69, 9.17) is 0 Å². The topological polar surface area (TPSA) is 95.5 Å². The number of allylic oxidation sites excluding steroid dienone is 2. The molecule has 2 aromatic rings. The van der Waals surface area contributed by atoms with Crippen molar-refractivity contribution >= 4 is 29.2 Å². The number of benzene rings is 2. The van der Waals surface area contributed by atoms with Crippen LogP contribution < -0.4 is 10.6 Å². The summed E-state index contributed by atoms with van der Waals surface area (Å²) >= 11 is 0. The predicted octanol–water partition coefficient (Wildman–Crippen LogP) is 3.85. The van der Waals surface area contributed by atoms with Gasteiger partial charge in [0, 0.05) is 5.69 Å². The number of carbonyl (C=O) groups is 3. The Morgan fingerprint density at radius 3 is 2.36 bits per heavy atom. The van der Waals surface area contributed by atoms with E-state index < -0.39 is 23.7 Å². The van der Waals surface area contributed by atoms with Gasteiger partial charge in [0.2, 0.25) is 5.91 Å². The number of nitrogens with one attached hydrogen (secondary N) is 2. The van der Waals surface area contributed by atoms with E-state index in [1.54, 1.807) is 36.4 Å². The first-order chi connectivity index (χ1) is 13.5. The molecule has 0 aliphatic heterocycles. The van der Waals surface area contributed by atoms with Crippen molar-refractivity contribution in [3.05, 3.63) is 71.8 Å². The lowest BCUT2D eigenvalue weighted by Crippen LogP contribution is -2.35. The number of carboxylic acid groups (broad SMARTS) is 1. The zero-order valence-electron chi connectivity index (χ0n) is 15.5. The maximum atomic E-state index is 12.7. The van der Waals surface area contributed by atoms with Gasteiger partial charge in [-0.15, -0.1) is 0 Å². The molecule has 2 unspecified atom stereocenters. The zero-order chi connectivity index (χ0) is 20.1. The van der Waals surface area contributed by atoms with Gasteiger partial charge in [0.05, 0.1) is 23.1 Å². The average Bonchev–Trinajstić information content (AvgIpc) is 2.68. The number of carboxylic acids is 1. The molecule has 2 amide bonds. The Labute approximate surface area is 163 Å². The molecular weight excluding hydrogens is 356 g/mol. The number of hydrogen-bond acceptors (Lipinski definition) is 3. The SMILES string of the molecule is Cc1cccc(NC(=O)c2ccccc2NC(=O)C2CC=CCC2C(=O)O)c1. The van der Waals surface area contributed by atoms with Gasteiger partial charge in [-0.25, -0.2) is 0 Å². The molecule has 0 saturated heterocycles. The number of amides is 2. The van der Waals surface area contributed by atoms with E-state index in [0.29, 0.717) is 29.8 Å². The Morgan fingerprint density at radius 2 is 1.64 bits per heavy atom. The molecule has 28 heavy (non-hydrogen) atoms. The second-order valence-electron chi connectivity index (χ2n) is 6.85. The largest absolute Gasteiger partial charge is 0.481 e. The van der Waals surface area contributed by atoms with Crippen LogP contribution in [-0.2, 0) is 9.59 Å². The number of hydrogen-bond donors (Lipinski definition) is 3. The zero-order valence-corrected chi connectivity index (χ0v) is 15.5. The number of rotatable bonds is 5. The van der Waals surface area contributed by atoms with Crippen molar-refractivity contribution in [2.45, 2.75) is 19.8 Å². The Kier molecular flexibility index (Phi) is 5.89. The van der Waals surface area contributed by atoms with Crippen molar-refractivity contribution in [2.24, 2.45) is 11.8 Å². The van der Waals surface area contributed by atoms with E-state index >= 15 is 0 Å². The third-order valence-electron chi connectivity index (χ3n) is 4.79. The van der Waals surface area contributed by atoms with Crippen LogP contribution in [0.3, 0.4) is 0 Å². The van der Waals surface area contributed by atoms with Crippen molar-refractivity contribution in [1.29, 1.82) is 0 Å². The van der Waals surface area contributed by atoms with Gasteiger partial charge in [0.15, 0.2) is 0 Å². The van der Waals surface area contributed by atoms with Crippen LogP contribution in [0.1, 0.15) is 28.8 Å². The Morgan fingerprint density at radius 1 is 0.929 bits per heavy atom. The van der Waals surface area contributed by atoms with Crippen molar-refractivity contribution in [1.82, 2.24) is 0 Å². The summed E-state index contributed by atoms with van der Waals surface area (Å²) in [5.74, 6) is -3.17. The van der Waals surface area contributed by atoms with Crippen molar-refractivity contribution in [3.8, 4) is 0 Å². The first-order valence-corrected chi connectivity index (χ1v) is 9.11. The average molecular weight is 378 g/mol. The van der Waals surface area contributed by atoms with Gasteiger partial charge in [-0.05, 0) is 49.6 Å². The van der Waals surface area contributed by atoms with Crippen LogP contribution in [0.15, 0.2) is 60.7 Å². The van der Waals surface area contributed by atoms with Gasteiger partial charge in [0.1, 0.15) is 0 Å². The number of para-hydroxylation sites is 1. The minimum atomic E-state index is -0.991. The molecule has 0 heterocycles. The number of aliphatic carboxylic acids is 1. The van der Waals surface area contributed by atoms with E-state index in [0.717, 1.165) is 5.56 Å². The normalized spacial score (nSPS) is 18.3. The fourth-order valence-electron chi connectivity index (χ4n) is 3.31. The second-order valence-corrected chi connectivity index (χ2v) is 6.85. The van der Waals surface area contributed by atoms with Gasteiger partial charge in [-0.2, -0.15) is 0 Å². The highest BCUT2D eigenvalue weighted by atomic mass is 16.4. The highest BCUT2D eigenvalue weighted by molar-refractivity contribution is 6.10. The summed E-state index contributed by atoms with van der Waals surface area (Å²) < 4.78 is 0. The molecule has 6 heteroatoms. The van der Waals surface area contributed by atoms with Crippen LogP contribution in [0.4, 0.5) is 11.4 Å². The van der Waals surface area contributed by atoms with E-state index in [1.165, 1.54) is 0 Å². The highest BCUT2D eigenvalue weighted by Gasteiger charge is 2.34. The van der Waals surface area contributed by atoms with Crippen molar-refractivity contribution in [3.63, 3.8) is 0 Å². The Hall–Kier alpha value is -3.41. The minimum absolute atomic E-state index is 0.315. The molecule has 0 bridgehead atoms. The van der Waals surface area contributed by atoms with Crippen LogP contribution >= 0.6 is 0 Å². The third-order valence-corrected chi connectivity index (χ3v) is 4.79. The van der Waals surface area contributed by atoms with Gasteiger partial charge in [0.25, 0.3) is 5.91 Å². The number of anilines is 2. The molecule has 0 aromatic heterocycles. The molecule has 3 rings (SSSR count). The molecule has 6 nitrogen and oxygen atoms in total. The van der Waals surface area contributed by atoms with Gasteiger partial charge in [-0.1, -0.05) is 36.4 Å². The summed E-state index contributed by atoms with van der Waals surface area (Å²) in [4.78, 5) is 36.9. The van der Waals surface area contributed by atoms with Crippen LogP contribution in [0.25, 0.3) is 0 Å². The summed E-state index contributed by atoms with van der Waals surface area (Å²) in [6.45, 7) is 1.93. The summed E-state index contributed by atoms with van der Waals surface area (Å²) in [7, 11) is 0. The van der Waals surface area contributed by atoms with E-state index in [9.17, 15) is 19.5 Å². The van der Waals surface area contributed by atoms with Gasteiger partial charge >= 0.3 is 5.97 Å². The summed E-state index contributed by atoms with van der Waals surface area (Å²) in [5.41, 5.74) is 2.35. The molecule has 3 N–H and O–H groups in total. The van der Waals surface area contributed by atoms with Crippen LogP contribution in [0, 0.1) is 18.8 Å². The Balaban J connectivity index is 1.78. The molecule has 0 spiro atoms. The summed E-state index contributed by atoms with van der Waals surface area (Å²) in [5, 5.41) is 14.9. The van der Waals surface area contributed by atoms with Gasteiger partial charge < -0.3 is 15.7 Å². The first kappa shape index (κ1) is 19.4. The smallest absolute Gasteiger partial charge is 0.307 e. The fraction of sp³-hybridized carbons (Fsp3) is 0.227. The molecule has 0 radical (unpaired) electrons. The molecule has 144 valence electrons. The third kappa shape index (κ3) is 4.46. The van der Waals surface area contributed by atoms with Crippen LogP contribution in [0.2, 0.25) is 0 Å². The van der Waals surface area contributed by atoms with Gasteiger partial charge in [-0.3, -0.25) is 14.4 Å². The van der Waals surface area contributed by atoms with Crippen molar-refractivity contribution in [2.75, 3.05) is 10.6 Å². The second kappa shape index (κ2) is 8.52. The molecule has 1 aliphatic rings. The molecule has 2 aromatic carbocycles. The van der Waals surface area contributed by atoms with Crippen molar-refractivity contribution < 1.29 is 19.5 Å². The maximum Gasteiger partial charge on any atom is 0.307 e. The molecule has 1 aliphatic carbocycles. The highest BCUT2D eigenvalue weighted by Crippen LogP contribution is 2.28. The van der Waals surface area contributed by atoms with E-state index in [2.05, 4.69) is 10.6 Å². The molecule has 0 fully saturated rings. The fourth-order valence-corrected chi connectivity index (χ4v) is 3.31. The first-order valence-electron chi connectivity index (χ1n) is 9.11. The molecular formula is C22H22N2O4. The Bertz CT molecular complexity index is 936. The minimum Gasteiger partial charge on any atom is -0.481 e. The van der Waals surface area contributed by atoms with E-state index in [1.807, 2.05) is 31.2 Å². The predicted molar refractivity (Wildman–Crippen MR) is 107 cm³/mol. The van der Waals surface area contributed by atoms with Crippen LogP contribution in [0.5, 0.6) is 0 Å². The van der Waals surface area contributed by atoms with Crippen LogP contribution in [-0.4, -0.2) is 22.9 Å². The van der Waals surface area contributed by atoms with E-state index in [-0.39, 0.29) is 5.91 Å². The summed E-state index contributed by atoms with van der Waals surface area (Å²) in [6, 6.07) is 14.1. The summed E-state index contributed by atoms with van der Waals surface area (Å²) in [6.07, 6.45) is 4.29. The lowest BCUT2D eigenvalue weighted by molar-refractivity contribution is -0.146. The number of aryl methyl sites for hydroxylation is 1. The standard InChI is InChI=1S/C22H22N2O4/c1-14-7-6-8-15(13-14)23-21(26)18-11-4-5-12-19(18)24-20(25)16-9-2-3-10-17(16)22(27)28/h2-8,11-13,16-17H,9-10H2,1H3,(H,23,26)(H,24,25)(H,27,28). The number of carbonyl (C=O) groups excluding carboxylic acids is 2.